The summed E-state index contributed by atoms with van der Waals surface area (Å²) in [6, 6.07) is 19.4. The quantitative estimate of drug-likeness (QED) is 0.302. The Kier molecular flexibility index (Phi) is 10.8. The van der Waals surface area contributed by atoms with E-state index in [9.17, 15) is 31.2 Å². The topological polar surface area (TPSA) is 86.8 Å². The van der Waals surface area contributed by atoms with Crippen LogP contribution >= 0.6 is 11.6 Å². The maximum Gasteiger partial charge on any atom is 0.417 e. The SMILES string of the molecule is CCCNC(=O)[C@H](Cc1ccccc1)N(Cc1ccccc1)C(=O)CN(c1ccc(Cl)c(C(F)(F)F)c1)S(C)(=O)=O. The number of halogens is 4. The highest BCUT2D eigenvalue weighted by atomic mass is 35.5. The van der Waals surface area contributed by atoms with Crippen molar-refractivity contribution in [2.75, 3.05) is 23.7 Å². The van der Waals surface area contributed by atoms with Crippen LogP contribution in [0.1, 0.15) is 30.0 Å². The molecular weight excluding hydrogens is 579 g/mol. The molecule has 0 radical (unpaired) electrons. The molecule has 0 aliphatic carbocycles. The number of nitrogens with zero attached hydrogens (tertiary/aromatic N) is 2. The van der Waals surface area contributed by atoms with Gasteiger partial charge in [-0.3, -0.25) is 13.9 Å². The molecule has 1 N–H and O–H groups in total. The van der Waals surface area contributed by atoms with Crippen LogP contribution in [-0.4, -0.2) is 50.5 Å². The molecule has 0 aromatic heterocycles. The van der Waals surface area contributed by atoms with Gasteiger partial charge in [-0.25, -0.2) is 8.42 Å². The van der Waals surface area contributed by atoms with E-state index in [2.05, 4.69) is 5.32 Å². The fraction of sp³-hybridized carbons (Fsp3) is 0.310. The van der Waals surface area contributed by atoms with Crippen LogP contribution in [0.3, 0.4) is 0 Å². The fourth-order valence-corrected chi connectivity index (χ4v) is 5.27. The molecule has 1 atom stereocenters. The van der Waals surface area contributed by atoms with Gasteiger partial charge in [0.25, 0.3) is 0 Å². The molecule has 220 valence electrons. The predicted octanol–water partition coefficient (Wildman–Crippen LogP) is 5.29. The second-order valence-corrected chi connectivity index (χ2v) is 11.7. The molecule has 0 heterocycles. The van der Waals surface area contributed by atoms with E-state index in [1.807, 2.05) is 13.0 Å². The predicted molar refractivity (Wildman–Crippen MR) is 153 cm³/mol. The minimum atomic E-state index is -4.85. The van der Waals surface area contributed by atoms with E-state index >= 15 is 0 Å². The normalized spacial score (nSPS) is 12.4. The highest BCUT2D eigenvalue weighted by Crippen LogP contribution is 2.37. The Bertz CT molecular complexity index is 1440. The average Bonchev–Trinajstić information content (AvgIpc) is 2.92. The van der Waals surface area contributed by atoms with Gasteiger partial charge in [0.2, 0.25) is 21.8 Å². The minimum Gasteiger partial charge on any atom is -0.354 e. The lowest BCUT2D eigenvalue weighted by Crippen LogP contribution is -2.53. The molecule has 3 aromatic carbocycles. The summed E-state index contributed by atoms with van der Waals surface area (Å²) in [7, 11) is -4.24. The maximum absolute atomic E-state index is 13.9. The molecule has 12 heteroatoms. The molecule has 0 spiro atoms. The van der Waals surface area contributed by atoms with Crippen LogP contribution in [0, 0.1) is 0 Å². The van der Waals surface area contributed by atoms with Gasteiger partial charge in [0.15, 0.2) is 0 Å². The zero-order valence-corrected chi connectivity index (χ0v) is 24.1. The summed E-state index contributed by atoms with van der Waals surface area (Å²) in [6.45, 7) is 1.36. The van der Waals surface area contributed by atoms with Gasteiger partial charge in [-0.1, -0.05) is 79.2 Å². The van der Waals surface area contributed by atoms with Gasteiger partial charge in [-0.2, -0.15) is 13.2 Å². The smallest absolute Gasteiger partial charge is 0.354 e. The van der Waals surface area contributed by atoms with Gasteiger partial charge in [0.05, 0.1) is 22.5 Å². The first kappa shape index (κ1) is 32.0. The third-order valence-corrected chi connectivity index (χ3v) is 7.71. The van der Waals surface area contributed by atoms with Crippen LogP contribution < -0.4 is 9.62 Å². The number of hydrogen-bond donors (Lipinski definition) is 1. The van der Waals surface area contributed by atoms with E-state index in [4.69, 9.17) is 11.6 Å². The molecule has 0 saturated carbocycles. The molecule has 0 saturated heterocycles. The lowest BCUT2D eigenvalue weighted by molar-refractivity contribution is -0.140. The Labute approximate surface area is 243 Å². The number of rotatable bonds is 12. The third-order valence-electron chi connectivity index (χ3n) is 6.24. The van der Waals surface area contributed by atoms with Crippen LogP contribution in [0.2, 0.25) is 5.02 Å². The highest BCUT2D eigenvalue weighted by molar-refractivity contribution is 7.92. The van der Waals surface area contributed by atoms with Gasteiger partial charge in [-0.15, -0.1) is 0 Å². The first-order chi connectivity index (χ1) is 19.3. The number of carbonyl (C=O) groups excluding carboxylic acids is 2. The molecule has 41 heavy (non-hydrogen) atoms. The van der Waals surface area contributed by atoms with Crippen LogP contribution in [0.25, 0.3) is 0 Å². The summed E-state index contributed by atoms with van der Waals surface area (Å²) in [5.74, 6) is -1.20. The Morgan fingerprint density at radius 3 is 2.07 bits per heavy atom. The van der Waals surface area contributed by atoms with E-state index in [0.29, 0.717) is 28.9 Å². The van der Waals surface area contributed by atoms with Crippen LogP contribution in [-0.2, 0) is 38.8 Å². The molecule has 2 amide bonds. The maximum atomic E-state index is 13.9. The number of carbonyl (C=O) groups is 2. The number of sulfonamides is 1. The first-order valence-corrected chi connectivity index (χ1v) is 15.0. The summed E-state index contributed by atoms with van der Waals surface area (Å²) in [5.41, 5.74) is -0.173. The van der Waals surface area contributed by atoms with Gasteiger partial charge >= 0.3 is 6.18 Å². The first-order valence-electron chi connectivity index (χ1n) is 12.8. The molecule has 3 aromatic rings. The van der Waals surface area contributed by atoms with E-state index in [1.54, 1.807) is 54.6 Å². The van der Waals surface area contributed by atoms with Gasteiger partial charge in [0, 0.05) is 19.5 Å². The van der Waals surface area contributed by atoms with E-state index < -0.39 is 51.2 Å². The summed E-state index contributed by atoms with van der Waals surface area (Å²) in [4.78, 5) is 28.6. The van der Waals surface area contributed by atoms with Gasteiger partial charge in [0.1, 0.15) is 12.6 Å². The van der Waals surface area contributed by atoms with Crippen molar-refractivity contribution in [1.82, 2.24) is 10.2 Å². The van der Waals surface area contributed by atoms with Crippen molar-refractivity contribution in [2.45, 2.75) is 38.5 Å². The summed E-state index contributed by atoms with van der Waals surface area (Å²) in [5, 5.41) is 2.21. The monoisotopic (exact) mass is 609 g/mol. The largest absolute Gasteiger partial charge is 0.417 e. The zero-order valence-electron chi connectivity index (χ0n) is 22.6. The molecule has 0 bridgehead atoms. The van der Waals surface area contributed by atoms with Crippen LogP contribution in [0.5, 0.6) is 0 Å². The Balaban J connectivity index is 2.07. The summed E-state index contributed by atoms with van der Waals surface area (Å²) >= 11 is 5.73. The molecule has 0 aliphatic heterocycles. The van der Waals surface area contributed by atoms with Crippen molar-refractivity contribution >= 4 is 39.1 Å². The standard InChI is InChI=1S/C29H31ClF3N3O4S/c1-3-16-34-28(38)26(17-21-10-6-4-7-11-21)35(19-22-12-8-5-9-13-22)27(37)20-36(41(2,39)40)23-14-15-25(30)24(18-23)29(31,32)33/h4-15,18,26H,3,16-17,19-20H2,1-2H3,(H,34,38)/t26-/m0/s1. The van der Waals surface area contributed by atoms with Gasteiger partial charge in [-0.05, 0) is 35.7 Å². The average molecular weight is 610 g/mol. The number of alkyl halides is 3. The number of benzene rings is 3. The molecular formula is C29H31ClF3N3O4S. The Hall–Kier alpha value is -3.57. The number of amides is 2. The van der Waals surface area contributed by atoms with Crippen LogP contribution in [0.15, 0.2) is 78.9 Å². The molecule has 7 nitrogen and oxygen atoms in total. The second kappa shape index (κ2) is 13.9. The minimum absolute atomic E-state index is 0.0389. The molecule has 0 unspecified atom stereocenters. The summed E-state index contributed by atoms with van der Waals surface area (Å²) < 4.78 is 66.8. The lowest BCUT2D eigenvalue weighted by Gasteiger charge is -2.33. The molecule has 0 aliphatic rings. The zero-order chi connectivity index (χ0) is 30.2. The van der Waals surface area contributed by atoms with E-state index in [1.165, 1.54) is 4.90 Å². The van der Waals surface area contributed by atoms with E-state index in [-0.39, 0.29) is 18.7 Å². The van der Waals surface area contributed by atoms with Crippen molar-refractivity contribution < 1.29 is 31.2 Å². The number of anilines is 1. The highest BCUT2D eigenvalue weighted by Gasteiger charge is 2.36. The van der Waals surface area contributed by atoms with Crippen molar-refractivity contribution in [1.29, 1.82) is 0 Å². The molecule has 0 fully saturated rings. The van der Waals surface area contributed by atoms with Crippen molar-refractivity contribution in [2.24, 2.45) is 0 Å². The van der Waals surface area contributed by atoms with E-state index in [0.717, 1.165) is 24.0 Å². The number of nitrogens with one attached hydrogen (secondary N) is 1. The Morgan fingerprint density at radius 1 is 0.951 bits per heavy atom. The third kappa shape index (κ3) is 8.96. The molecule has 3 rings (SSSR count). The second-order valence-electron chi connectivity index (χ2n) is 9.44. The van der Waals surface area contributed by atoms with Crippen molar-refractivity contribution in [3.63, 3.8) is 0 Å². The lowest BCUT2D eigenvalue weighted by atomic mass is 10.0. The summed E-state index contributed by atoms with van der Waals surface area (Å²) in [6.07, 6.45) is -3.28. The van der Waals surface area contributed by atoms with Crippen molar-refractivity contribution in [3.05, 3.63) is 101 Å². The van der Waals surface area contributed by atoms with Crippen molar-refractivity contribution in [3.8, 4) is 0 Å². The van der Waals surface area contributed by atoms with Gasteiger partial charge < -0.3 is 10.2 Å². The number of hydrogen-bond acceptors (Lipinski definition) is 4. The fourth-order valence-electron chi connectivity index (χ4n) is 4.20. The Morgan fingerprint density at radius 2 is 1.54 bits per heavy atom. The van der Waals surface area contributed by atoms with Crippen LogP contribution in [0.4, 0.5) is 18.9 Å².